The highest BCUT2D eigenvalue weighted by molar-refractivity contribution is 7.12. The number of rotatable bonds is 8. The molecule has 2 heterocycles. The van der Waals surface area contributed by atoms with Gasteiger partial charge in [-0.15, -0.1) is 11.3 Å². The smallest absolute Gasteiger partial charge is 0.220 e. The fourth-order valence-corrected chi connectivity index (χ4v) is 3.95. The second kappa shape index (κ2) is 8.77. The van der Waals surface area contributed by atoms with Crippen LogP contribution in [0.25, 0.3) is 0 Å². The van der Waals surface area contributed by atoms with Crippen LogP contribution in [0.2, 0.25) is 0 Å². The van der Waals surface area contributed by atoms with Crippen molar-refractivity contribution in [3.8, 4) is 0 Å². The van der Waals surface area contributed by atoms with Gasteiger partial charge in [0.1, 0.15) is 0 Å². The zero-order valence-electron chi connectivity index (χ0n) is 15.6. The number of Topliss-reactive ketones (excluding diaryl/α,β-unsaturated/α-hetero) is 1. The first-order valence-electron chi connectivity index (χ1n) is 8.94. The summed E-state index contributed by atoms with van der Waals surface area (Å²) in [7, 11) is 0. The molecule has 140 valence electrons. The zero-order chi connectivity index (χ0) is 19.2. The highest BCUT2D eigenvalue weighted by Gasteiger charge is 2.14. The van der Waals surface area contributed by atoms with Gasteiger partial charge in [0.05, 0.1) is 6.54 Å². The van der Waals surface area contributed by atoms with E-state index < -0.39 is 0 Å². The van der Waals surface area contributed by atoms with Gasteiger partial charge in [-0.05, 0) is 37.1 Å². The van der Waals surface area contributed by atoms with Crippen molar-refractivity contribution in [2.75, 3.05) is 0 Å². The van der Waals surface area contributed by atoms with E-state index in [1.54, 1.807) is 17.5 Å². The van der Waals surface area contributed by atoms with E-state index in [1.165, 1.54) is 0 Å². The van der Waals surface area contributed by atoms with E-state index in [-0.39, 0.29) is 24.5 Å². The average molecular weight is 382 g/mol. The van der Waals surface area contributed by atoms with Crippen LogP contribution in [0, 0.1) is 13.8 Å². The third kappa shape index (κ3) is 5.14. The normalized spacial score (nSPS) is 10.7. The number of benzene rings is 1. The Morgan fingerprint density at radius 1 is 1.11 bits per heavy atom. The number of aryl methyl sites for hydroxylation is 2. The van der Waals surface area contributed by atoms with Crippen molar-refractivity contribution in [2.45, 2.75) is 39.8 Å². The second-order valence-corrected chi connectivity index (χ2v) is 7.96. The van der Waals surface area contributed by atoms with Gasteiger partial charge < -0.3 is 5.32 Å². The van der Waals surface area contributed by atoms with Crippen LogP contribution < -0.4 is 5.32 Å². The first-order chi connectivity index (χ1) is 13.0. The summed E-state index contributed by atoms with van der Waals surface area (Å²) in [6, 6.07) is 11.8. The molecule has 3 rings (SSSR count). The number of hydrogen-bond acceptors (Lipinski definition) is 4. The molecule has 0 saturated carbocycles. The molecule has 0 spiro atoms. The summed E-state index contributed by atoms with van der Waals surface area (Å²) < 4.78 is 1.85. The van der Waals surface area contributed by atoms with Gasteiger partial charge in [0.25, 0.3) is 0 Å². The summed E-state index contributed by atoms with van der Waals surface area (Å²) in [5.41, 5.74) is 2.91. The third-order valence-corrected chi connectivity index (χ3v) is 5.37. The fraction of sp³-hybridized carbons (Fsp3) is 0.286. The number of hydrogen-bond donors (Lipinski definition) is 1. The standard InChI is InChI=1S/C21H23N3O2S/c1-15-12-19(16(2)27-15)20(25)8-9-21(26)22-13-17-6-3-4-7-18(17)14-24-11-5-10-23-24/h3-7,10-12H,8-9,13-14H2,1-2H3,(H,22,26). The van der Waals surface area contributed by atoms with E-state index in [2.05, 4.69) is 10.4 Å². The number of carbonyl (C=O) groups excluding carboxylic acids is 2. The molecule has 3 aromatic rings. The van der Waals surface area contributed by atoms with Crippen molar-refractivity contribution in [3.63, 3.8) is 0 Å². The molecule has 6 heteroatoms. The van der Waals surface area contributed by atoms with E-state index in [0.29, 0.717) is 13.1 Å². The maximum atomic E-state index is 12.3. The number of ketones is 1. The Morgan fingerprint density at radius 2 is 1.89 bits per heavy atom. The lowest BCUT2D eigenvalue weighted by Crippen LogP contribution is -2.24. The van der Waals surface area contributed by atoms with Crippen LogP contribution >= 0.6 is 11.3 Å². The van der Waals surface area contributed by atoms with Gasteiger partial charge in [-0.25, -0.2) is 0 Å². The molecule has 1 aromatic carbocycles. The molecule has 0 radical (unpaired) electrons. The van der Waals surface area contributed by atoms with E-state index >= 15 is 0 Å². The van der Waals surface area contributed by atoms with Gasteiger partial charge in [-0.3, -0.25) is 14.3 Å². The molecule has 0 aliphatic carbocycles. The predicted octanol–water partition coefficient (Wildman–Crippen LogP) is 3.89. The molecule has 0 fully saturated rings. The number of amides is 1. The first kappa shape index (κ1) is 19.0. The van der Waals surface area contributed by atoms with Crippen LogP contribution in [0.3, 0.4) is 0 Å². The van der Waals surface area contributed by atoms with Crippen molar-refractivity contribution in [2.24, 2.45) is 0 Å². The summed E-state index contributed by atoms with van der Waals surface area (Å²) in [4.78, 5) is 26.6. The predicted molar refractivity (Wildman–Crippen MR) is 107 cm³/mol. The molecule has 1 amide bonds. The molecule has 0 atom stereocenters. The topological polar surface area (TPSA) is 64.0 Å². The molecule has 27 heavy (non-hydrogen) atoms. The first-order valence-corrected chi connectivity index (χ1v) is 9.75. The summed E-state index contributed by atoms with van der Waals surface area (Å²) in [5.74, 6) is -0.0760. The highest BCUT2D eigenvalue weighted by Crippen LogP contribution is 2.22. The molecular formula is C21H23N3O2S. The number of aromatic nitrogens is 2. The van der Waals surface area contributed by atoms with Crippen LogP contribution in [0.15, 0.2) is 48.8 Å². The molecule has 2 aromatic heterocycles. The van der Waals surface area contributed by atoms with Crippen LogP contribution in [0.5, 0.6) is 0 Å². The van der Waals surface area contributed by atoms with E-state index in [0.717, 1.165) is 26.4 Å². The van der Waals surface area contributed by atoms with Crippen molar-refractivity contribution in [1.29, 1.82) is 0 Å². The second-order valence-electron chi connectivity index (χ2n) is 6.50. The van der Waals surface area contributed by atoms with Crippen molar-refractivity contribution in [1.82, 2.24) is 15.1 Å². The van der Waals surface area contributed by atoms with Crippen LogP contribution in [0.4, 0.5) is 0 Å². The minimum absolute atomic E-state index is 0.0334. The Morgan fingerprint density at radius 3 is 2.56 bits per heavy atom. The third-order valence-electron chi connectivity index (χ3n) is 4.41. The molecule has 5 nitrogen and oxygen atoms in total. The van der Waals surface area contributed by atoms with Gasteiger partial charge >= 0.3 is 0 Å². The lowest BCUT2D eigenvalue weighted by molar-refractivity contribution is -0.121. The van der Waals surface area contributed by atoms with Gasteiger partial charge in [0, 0.05) is 47.1 Å². The van der Waals surface area contributed by atoms with Crippen molar-refractivity contribution in [3.05, 3.63) is 75.2 Å². The van der Waals surface area contributed by atoms with Crippen molar-refractivity contribution < 1.29 is 9.59 Å². The van der Waals surface area contributed by atoms with Crippen LogP contribution in [-0.2, 0) is 17.9 Å². The number of thiophene rings is 1. The summed E-state index contributed by atoms with van der Waals surface area (Å²) >= 11 is 1.61. The Hall–Kier alpha value is -2.73. The molecule has 0 aliphatic rings. The van der Waals surface area contributed by atoms with Gasteiger partial charge in [0.2, 0.25) is 5.91 Å². The molecule has 0 unspecified atom stereocenters. The maximum absolute atomic E-state index is 12.3. The number of nitrogens with zero attached hydrogens (tertiary/aromatic N) is 2. The fourth-order valence-electron chi connectivity index (χ4n) is 3.00. The van der Waals surface area contributed by atoms with Gasteiger partial charge in [-0.1, -0.05) is 24.3 Å². The van der Waals surface area contributed by atoms with E-state index in [4.69, 9.17) is 0 Å². The van der Waals surface area contributed by atoms with E-state index in [1.807, 2.05) is 61.1 Å². The summed E-state index contributed by atoms with van der Waals surface area (Å²) in [5, 5.41) is 7.15. The van der Waals surface area contributed by atoms with Crippen molar-refractivity contribution >= 4 is 23.0 Å². The monoisotopic (exact) mass is 381 g/mol. The summed E-state index contributed by atoms with van der Waals surface area (Å²) in [6.45, 7) is 5.04. The Labute approximate surface area is 163 Å². The average Bonchev–Trinajstić information content (AvgIpc) is 3.28. The molecular weight excluding hydrogens is 358 g/mol. The molecule has 0 aliphatic heterocycles. The highest BCUT2D eigenvalue weighted by atomic mass is 32.1. The van der Waals surface area contributed by atoms with Gasteiger partial charge in [0.15, 0.2) is 5.78 Å². The molecule has 0 bridgehead atoms. The van der Waals surface area contributed by atoms with Gasteiger partial charge in [-0.2, -0.15) is 5.10 Å². The maximum Gasteiger partial charge on any atom is 0.220 e. The quantitative estimate of drug-likeness (QED) is 0.602. The largest absolute Gasteiger partial charge is 0.352 e. The van der Waals surface area contributed by atoms with Crippen LogP contribution in [-0.4, -0.2) is 21.5 Å². The number of nitrogens with one attached hydrogen (secondary N) is 1. The Balaban J connectivity index is 1.52. The Bertz CT molecular complexity index is 929. The lowest BCUT2D eigenvalue weighted by Gasteiger charge is -2.11. The van der Waals surface area contributed by atoms with E-state index in [9.17, 15) is 9.59 Å². The lowest BCUT2D eigenvalue weighted by atomic mass is 10.1. The summed E-state index contributed by atoms with van der Waals surface area (Å²) in [6.07, 6.45) is 4.10. The minimum Gasteiger partial charge on any atom is -0.352 e. The molecule has 1 N–H and O–H groups in total. The minimum atomic E-state index is -0.109. The molecule has 0 saturated heterocycles. The zero-order valence-corrected chi connectivity index (χ0v) is 16.4. The SMILES string of the molecule is Cc1cc(C(=O)CCC(=O)NCc2ccccc2Cn2cccn2)c(C)s1. The van der Waals surface area contributed by atoms with Crippen LogP contribution in [0.1, 0.15) is 44.1 Å². The Kier molecular flexibility index (Phi) is 6.19. The number of carbonyl (C=O) groups is 2.